The second kappa shape index (κ2) is 4.84. The van der Waals surface area contributed by atoms with Crippen molar-refractivity contribution >= 4 is 29.0 Å². The largest absolute Gasteiger partial charge is 0.478 e. The topological polar surface area (TPSA) is 95.7 Å². The number of hydrogen-bond acceptors (Lipinski definition) is 5. The number of anilines is 1. The van der Waals surface area contributed by atoms with Crippen LogP contribution in [0.25, 0.3) is 11.1 Å². The molecular weight excluding hydrogens is 262 g/mol. The van der Waals surface area contributed by atoms with Gasteiger partial charge in [-0.3, -0.25) is 4.79 Å². The number of fused-ring (bicyclic) bond motifs is 1. The molecule has 2 heterocycles. The predicted molar refractivity (Wildman–Crippen MR) is 70.8 cm³/mol. The van der Waals surface area contributed by atoms with Crippen molar-refractivity contribution < 1.29 is 19.1 Å². The first kappa shape index (κ1) is 12.5. The average Bonchev–Trinajstić information content (AvgIpc) is 2.73. The van der Waals surface area contributed by atoms with Crippen LogP contribution in [-0.4, -0.2) is 41.6 Å². The Hall–Kier alpha value is -2.57. The Bertz CT molecular complexity index is 679. The van der Waals surface area contributed by atoms with E-state index in [1.54, 1.807) is 11.0 Å². The van der Waals surface area contributed by atoms with Gasteiger partial charge in [-0.2, -0.15) is 4.98 Å². The van der Waals surface area contributed by atoms with Crippen molar-refractivity contribution in [1.82, 2.24) is 10.3 Å². The number of carbonyl (C=O) groups excluding carboxylic acids is 1. The van der Waals surface area contributed by atoms with Crippen molar-refractivity contribution in [2.45, 2.75) is 6.42 Å². The van der Waals surface area contributed by atoms with E-state index >= 15 is 0 Å². The number of carboxylic acids is 1. The van der Waals surface area contributed by atoms with E-state index in [-0.39, 0.29) is 18.0 Å². The lowest BCUT2D eigenvalue weighted by Gasteiger charge is -2.15. The molecule has 2 N–H and O–H groups in total. The number of aromatic carboxylic acids is 1. The lowest BCUT2D eigenvalue weighted by atomic mass is 10.2. The lowest BCUT2D eigenvalue weighted by Crippen LogP contribution is -2.33. The molecular formula is C13H13N3O4. The van der Waals surface area contributed by atoms with Gasteiger partial charge in [0.05, 0.1) is 5.56 Å². The number of nitrogens with one attached hydrogen (secondary N) is 1. The van der Waals surface area contributed by atoms with E-state index in [9.17, 15) is 9.59 Å². The number of aromatic nitrogens is 1. The fourth-order valence-electron chi connectivity index (χ4n) is 2.15. The molecule has 1 aromatic heterocycles. The van der Waals surface area contributed by atoms with Crippen molar-refractivity contribution in [2.24, 2.45) is 0 Å². The highest BCUT2D eigenvalue weighted by molar-refractivity contribution is 5.92. The Kier molecular flexibility index (Phi) is 3.02. The molecule has 1 fully saturated rings. The van der Waals surface area contributed by atoms with Crippen LogP contribution in [-0.2, 0) is 4.79 Å². The first-order chi connectivity index (χ1) is 9.63. The van der Waals surface area contributed by atoms with E-state index in [0.717, 1.165) is 6.42 Å². The molecule has 7 nitrogen and oxygen atoms in total. The third-order valence-corrected chi connectivity index (χ3v) is 3.16. The minimum Gasteiger partial charge on any atom is -0.478 e. The molecule has 1 amide bonds. The summed E-state index contributed by atoms with van der Waals surface area (Å²) in [7, 11) is 0. The van der Waals surface area contributed by atoms with Crippen molar-refractivity contribution in [3.8, 4) is 0 Å². The zero-order valence-electron chi connectivity index (χ0n) is 10.6. The van der Waals surface area contributed by atoms with E-state index in [4.69, 9.17) is 9.52 Å². The fourth-order valence-corrected chi connectivity index (χ4v) is 2.15. The van der Waals surface area contributed by atoms with Gasteiger partial charge in [-0.25, -0.2) is 4.79 Å². The zero-order valence-corrected chi connectivity index (χ0v) is 10.6. The van der Waals surface area contributed by atoms with Gasteiger partial charge >= 0.3 is 5.97 Å². The summed E-state index contributed by atoms with van der Waals surface area (Å²) in [5, 5.41) is 11.7. The molecule has 1 aromatic carbocycles. The molecule has 7 heteroatoms. The Morgan fingerprint density at radius 2 is 2.30 bits per heavy atom. The summed E-state index contributed by atoms with van der Waals surface area (Å²) >= 11 is 0. The molecule has 1 aliphatic rings. The third kappa shape index (κ3) is 2.29. The first-order valence-corrected chi connectivity index (χ1v) is 6.29. The number of benzene rings is 1. The monoisotopic (exact) mass is 275 g/mol. The molecule has 104 valence electrons. The molecule has 1 saturated heterocycles. The van der Waals surface area contributed by atoms with Crippen molar-refractivity contribution in [3.05, 3.63) is 23.8 Å². The normalized spacial score (nSPS) is 16.0. The zero-order chi connectivity index (χ0) is 14.1. The number of rotatable bonds is 2. The minimum absolute atomic E-state index is 0.0732. The van der Waals surface area contributed by atoms with Crippen molar-refractivity contribution in [1.29, 1.82) is 0 Å². The van der Waals surface area contributed by atoms with Gasteiger partial charge in [-0.15, -0.1) is 0 Å². The van der Waals surface area contributed by atoms with Crippen molar-refractivity contribution in [3.63, 3.8) is 0 Å². The first-order valence-electron chi connectivity index (χ1n) is 6.29. The summed E-state index contributed by atoms with van der Waals surface area (Å²) in [6.07, 6.45) is 0.810. The molecule has 3 rings (SSSR count). The van der Waals surface area contributed by atoms with E-state index < -0.39 is 5.97 Å². The SMILES string of the molecule is O=C1CN(c2nc3ccc(C(=O)O)cc3o2)CCCN1. The van der Waals surface area contributed by atoms with Gasteiger partial charge in [-0.05, 0) is 24.6 Å². The maximum Gasteiger partial charge on any atom is 0.335 e. The number of carbonyl (C=O) groups is 2. The molecule has 0 unspecified atom stereocenters. The summed E-state index contributed by atoms with van der Waals surface area (Å²) in [6.45, 7) is 1.49. The van der Waals surface area contributed by atoms with Crippen LogP contribution >= 0.6 is 0 Å². The average molecular weight is 275 g/mol. The number of amides is 1. The summed E-state index contributed by atoms with van der Waals surface area (Å²) in [5.41, 5.74) is 1.13. The van der Waals surface area contributed by atoms with Gasteiger partial charge in [0.1, 0.15) is 12.1 Å². The van der Waals surface area contributed by atoms with Crippen LogP contribution in [0.2, 0.25) is 0 Å². The second-order valence-electron chi connectivity index (χ2n) is 4.61. The van der Waals surface area contributed by atoms with Crippen LogP contribution in [0.4, 0.5) is 6.01 Å². The Morgan fingerprint density at radius 1 is 1.45 bits per heavy atom. The molecule has 0 bridgehead atoms. The van der Waals surface area contributed by atoms with Crippen LogP contribution in [0.1, 0.15) is 16.8 Å². The molecule has 0 aliphatic carbocycles. The number of hydrogen-bond donors (Lipinski definition) is 2. The van der Waals surface area contributed by atoms with Gasteiger partial charge in [0.15, 0.2) is 5.58 Å². The summed E-state index contributed by atoms with van der Waals surface area (Å²) in [5.74, 6) is -1.09. The van der Waals surface area contributed by atoms with Crippen LogP contribution in [0, 0.1) is 0 Å². The smallest absolute Gasteiger partial charge is 0.335 e. The van der Waals surface area contributed by atoms with E-state index in [2.05, 4.69) is 10.3 Å². The van der Waals surface area contributed by atoms with E-state index in [1.807, 2.05) is 0 Å². The summed E-state index contributed by atoms with van der Waals surface area (Å²) in [6, 6.07) is 4.86. The number of oxazole rings is 1. The quantitative estimate of drug-likeness (QED) is 0.843. The van der Waals surface area contributed by atoms with Gasteiger partial charge in [0.2, 0.25) is 5.91 Å². The van der Waals surface area contributed by atoms with Crippen LogP contribution in [0.3, 0.4) is 0 Å². The van der Waals surface area contributed by atoms with Crippen LogP contribution in [0.5, 0.6) is 0 Å². The maximum atomic E-state index is 11.5. The predicted octanol–water partition coefficient (Wildman–Crippen LogP) is 0.852. The molecule has 20 heavy (non-hydrogen) atoms. The summed E-state index contributed by atoms with van der Waals surface area (Å²) in [4.78, 5) is 28.5. The highest BCUT2D eigenvalue weighted by atomic mass is 16.4. The molecule has 1 aliphatic heterocycles. The van der Waals surface area contributed by atoms with Crippen LogP contribution < -0.4 is 10.2 Å². The minimum atomic E-state index is -1.01. The van der Waals surface area contributed by atoms with E-state index in [0.29, 0.717) is 30.2 Å². The van der Waals surface area contributed by atoms with Gasteiger partial charge < -0.3 is 19.7 Å². The highest BCUT2D eigenvalue weighted by Gasteiger charge is 2.20. The molecule has 0 atom stereocenters. The molecule has 0 spiro atoms. The Morgan fingerprint density at radius 3 is 3.10 bits per heavy atom. The standard InChI is InChI=1S/C13H13N3O4/c17-11-7-16(5-1-4-14-11)13-15-9-3-2-8(12(18)19)6-10(9)20-13/h2-3,6H,1,4-5,7H2,(H,14,17)(H,18,19). The molecule has 0 radical (unpaired) electrons. The maximum absolute atomic E-state index is 11.5. The fraction of sp³-hybridized carbons (Fsp3) is 0.308. The van der Waals surface area contributed by atoms with Gasteiger partial charge in [-0.1, -0.05) is 0 Å². The third-order valence-electron chi connectivity index (χ3n) is 3.16. The number of nitrogens with zero attached hydrogens (tertiary/aromatic N) is 2. The summed E-state index contributed by atoms with van der Waals surface area (Å²) < 4.78 is 5.57. The lowest BCUT2D eigenvalue weighted by molar-refractivity contribution is -0.119. The molecule has 2 aromatic rings. The van der Waals surface area contributed by atoms with Crippen molar-refractivity contribution in [2.75, 3.05) is 24.5 Å². The Balaban J connectivity index is 1.95. The number of carboxylic acid groups (broad SMARTS) is 1. The van der Waals surface area contributed by atoms with Gasteiger partial charge in [0.25, 0.3) is 6.01 Å². The Labute approximate surface area is 114 Å². The van der Waals surface area contributed by atoms with Gasteiger partial charge in [0, 0.05) is 13.1 Å². The van der Waals surface area contributed by atoms with Crippen LogP contribution in [0.15, 0.2) is 22.6 Å². The van der Waals surface area contributed by atoms with E-state index in [1.165, 1.54) is 12.1 Å². The molecule has 0 saturated carbocycles. The second-order valence-corrected chi connectivity index (χ2v) is 4.61. The highest BCUT2D eigenvalue weighted by Crippen LogP contribution is 2.23.